The van der Waals surface area contributed by atoms with Crippen molar-refractivity contribution in [1.29, 1.82) is 0 Å². The molecule has 2 heterocycles. The highest BCUT2D eigenvalue weighted by atomic mass is 16.6. The van der Waals surface area contributed by atoms with E-state index >= 15 is 0 Å². The van der Waals surface area contributed by atoms with E-state index in [-0.39, 0.29) is 11.9 Å². The van der Waals surface area contributed by atoms with Gasteiger partial charge in [0, 0.05) is 13.1 Å². The Morgan fingerprint density at radius 1 is 1.43 bits per heavy atom. The van der Waals surface area contributed by atoms with Gasteiger partial charge in [0.25, 0.3) is 0 Å². The van der Waals surface area contributed by atoms with E-state index in [2.05, 4.69) is 10.2 Å². The van der Waals surface area contributed by atoms with E-state index in [1.54, 1.807) is 12.1 Å². The van der Waals surface area contributed by atoms with Gasteiger partial charge in [-0.25, -0.2) is 4.79 Å². The Hall–Kier alpha value is -1.82. The number of nitrogens with one attached hydrogen (secondary N) is 1. The molecular formula is C17H26N2O4. The maximum absolute atomic E-state index is 12.1. The molecule has 0 radical (unpaired) electrons. The van der Waals surface area contributed by atoms with Crippen LogP contribution in [0.3, 0.4) is 0 Å². The predicted molar refractivity (Wildman–Crippen MR) is 86.4 cm³/mol. The maximum atomic E-state index is 12.1. The highest BCUT2D eigenvalue weighted by molar-refractivity contribution is 5.95. The second kappa shape index (κ2) is 7.64. The Morgan fingerprint density at radius 2 is 2.22 bits per heavy atom. The molecule has 0 aliphatic carbocycles. The van der Waals surface area contributed by atoms with Gasteiger partial charge in [0.15, 0.2) is 5.76 Å². The van der Waals surface area contributed by atoms with E-state index in [1.807, 2.05) is 20.8 Å². The minimum absolute atomic E-state index is 0.00393. The number of nitrogens with zero attached hydrogens (tertiary/aromatic N) is 1. The van der Waals surface area contributed by atoms with E-state index in [1.165, 1.54) is 6.26 Å². The van der Waals surface area contributed by atoms with Gasteiger partial charge in [-0.15, -0.1) is 0 Å². The Kier molecular flexibility index (Phi) is 5.82. The molecule has 0 spiro atoms. The molecule has 2 rings (SSSR count). The number of carbonyl (C=O) groups excluding carboxylic acids is 2. The summed E-state index contributed by atoms with van der Waals surface area (Å²) in [5, 5.41) is 2.82. The first-order chi connectivity index (χ1) is 10.8. The molecule has 0 aromatic carbocycles. The number of hydrogen-bond donors (Lipinski definition) is 1. The van der Waals surface area contributed by atoms with Gasteiger partial charge < -0.3 is 14.5 Å². The van der Waals surface area contributed by atoms with Crippen molar-refractivity contribution in [2.24, 2.45) is 5.92 Å². The molecule has 23 heavy (non-hydrogen) atoms. The number of carbonyl (C=O) groups is 2. The Morgan fingerprint density at radius 3 is 2.87 bits per heavy atom. The van der Waals surface area contributed by atoms with Gasteiger partial charge in [-0.05, 0) is 58.2 Å². The summed E-state index contributed by atoms with van der Waals surface area (Å²) in [6.07, 6.45) is 3.19. The van der Waals surface area contributed by atoms with Crippen molar-refractivity contribution in [1.82, 2.24) is 10.2 Å². The van der Waals surface area contributed by atoms with Gasteiger partial charge in [0.1, 0.15) is 5.60 Å². The van der Waals surface area contributed by atoms with E-state index in [9.17, 15) is 9.59 Å². The molecule has 1 amide bonds. The lowest BCUT2D eigenvalue weighted by atomic mass is 9.98. The van der Waals surface area contributed by atoms with Crippen LogP contribution in [0.4, 0.5) is 4.79 Å². The molecule has 6 nitrogen and oxygen atoms in total. The smallest absolute Gasteiger partial charge is 0.407 e. The standard InChI is InChI=1S/C17H26N2O4/c1-17(2,3)23-16(21)18-10-13-6-4-8-19(11-13)12-14(20)15-7-5-9-22-15/h5,7,9,13H,4,6,8,10-12H2,1-3H3,(H,18,21). The van der Waals surface area contributed by atoms with Crippen LogP contribution in [0.25, 0.3) is 0 Å². The number of ether oxygens (including phenoxy) is 1. The molecule has 1 N–H and O–H groups in total. The third-order valence-corrected chi connectivity index (χ3v) is 3.70. The highest BCUT2D eigenvalue weighted by Gasteiger charge is 2.24. The number of furan rings is 1. The molecule has 1 unspecified atom stereocenters. The van der Waals surface area contributed by atoms with E-state index in [0.717, 1.165) is 25.9 Å². The first-order valence-corrected chi connectivity index (χ1v) is 8.09. The summed E-state index contributed by atoms with van der Waals surface area (Å²) in [5.41, 5.74) is -0.488. The van der Waals surface area contributed by atoms with Crippen molar-refractivity contribution in [2.45, 2.75) is 39.2 Å². The van der Waals surface area contributed by atoms with Crippen LogP contribution in [-0.2, 0) is 4.74 Å². The lowest BCUT2D eigenvalue weighted by Gasteiger charge is -2.32. The van der Waals surface area contributed by atoms with Crippen LogP contribution in [0.15, 0.2) is 22.8 Å². The highest BCUT2D eigenvalue weighted by Crippen LogP contribution is 2.17. The van der Waals surface area contributed by atoms with Gasteiger partial charge in [-0.3, -0.25) is 9.69 Å². The fourth-order valence-electron chi connectivity index (χ4n) is 2.72. The number of Topliss-reactive ketones (excluding diaryl/α,β-unsaturated/α-hetero) is 1. The van der Waals surface area contributed by atoms with Crippen molar-refractivity contribution in [3.8, 4) is 0 Å². The predicted octanol–water partition coefficient (Wildman–Crippen LogP) is 2.70. The molecular weight excluding hydrogens is 296 g/mol. The zero-order valence-electron chi connectivity index (χ0n) is 14.1. The van der Waals surface area contributed by atoms with Crippen molar-refractivity contribution < 1.29 is 18.7 Å². The normalized spacial score (nSPS) is 19.3. The summed E-state index contributed by atoms with van der Waals surface area (Å²) in [6.45, 7) is 8.15. The topological polar surface area (TPSA) is 71.8 Å². The molecule has 1 fully saturated rings. The zero-order chi connectivity index (χ0) is 16.9. The molecule has 0 bridgehead atoms. The minimum atomic E-state index is -0.488. The van der Waals surface area contributed by atoms with Crippen LogP contribution in [0.2, 0.25) is 0 Å². The molecule has 1 aliphatic heterocycles. The van der Waals surface area contributed by atoms with Gasteiger partial charge in [0.2, 0.25) is 5.78 Å². The van der Waals surface area contributed by atoms with E-state index in [0.29, 0.717) is 24.8 Å². The van der Waals surface area contributed by atoms with Gasteiger partial charge in [0.05, 0.1) is 12.8 Å². The Bertz CT molecular complexity index is 519. The molecule has 1 atom stereocenters. The summed E-state index contributed by atoms with van der Waals surface area (Å²) >= 11 is 0. The van der Waals surface area contributed by atoms with Crippen LogP contribution in [-0.4, -0.2) is 48.6 Å². The lowest BCUT2D eigenvalue weighted by molar-refractivity contribution is 0.0504. The molecule has 1 aromatic rings. The van der Waals surface area contributed by atoms with E-state index in [4.69, 9.17) is 9.15 Å². The maximum Gasteiger partial charge on any atom is 0.407 e. The second-order valence-electron chi connectivity index (χ2n) is 7.03. The minimum Gasteiger partial charge on any atom is -0.461 e. The van der Waals surface area contributed by atoms with Crippen LogP contribution in [0.1, 0.15) is 44.2 Å². The number of rotatable bonds is 5. The third kappa shape index (κ3) is 6.06. The van der Waals surface area contributed by atoms with Crippen molar-refractivity contribution in [2.75, 3.05) is 26.2 Å². The number of piperidine rings is 1. The van der Waals surface area contributed by atoms with E-state index < -0.39 is 5.60 Å². The third-order valence-electron chi connectivity index (χ3n) is 3.70. The van der Waals surface area contributed by atoms with Crippen LogP contribution >= 0.6 is 0 Å². The largest absolute Gasteiger partial charge is 0.461 e. The summed E-state index contributed by atoms with van der Waals surface area (Å²) in [7, 11) is 0. The Balaban J connectivity index is 1.75. The van der Waals surface area contributed by atoms with Gasteiger partial charge >= 0.3 is 6.09 Å². The van der Waals surface area contributed by atoms with Gasteiger partial charge in [-0.1, -0.05) is 0 Å². The number of amides is 1. The summed E-state index contributed by atoms with van der Waals surface area (Å²) < 4.78 is 10.4. The molecule has 1 aliphatic rings. The van der Waals surface area contributed by atoms with Gasteiger partial charge in [-0.2, -0.15) is 0 Å². The summed E-state index contributed by atoms with van der Waals surface area (Å²) in [4.78, 5) is 25.9. The Labute approximate surface area is 137 Å². The van der Waals surface area contributed by atoms with Crippen LogP contribution in [0, 0.1) is 5.92 Å². The molecule has 1 aromatic heterocycles. The average molecular weight is 322 g/mol. The number of ketones is 1. The number of likely N-dealkylation sites (tertiary alicyclic amines) is 1. The molecule has 1 saturated heterocycles. The lowest BCUT2D eigenvalue weighted by Crippen LogP contribution is -2.43. The summed E-state index contributed by atoms with van der Waals surface area (Å²) in [5.74, 6) is 0.732. The summed E-state index contributed by atoms with van der Waals surface area (Å²) in [6, 6.07) is 3.41. The van der Waals surface area contributed by atoms with Crippen molar-refractivity contribution >= 4 is 11.9 Å². The SMILES string of the molecule is CC(C)(C)OC(=O)NCC1CCCN(CC(=O)c2ccco2)C1. The average Bonchev–Trinajstić information content (AvgIpc) is 2.98. The first-order valence-electron chi connectivity index (χ1n) is 8.09. The fourth-order valence-corrected chi connectivity index (χ4v) is 2.72. The van der Waals surface area contributed by atoms with Crippen LogP contribution < -0.4 is 5.32 Å². The zero-order valence-corrected chi connectivity index (χ0v) is 14.1. The quantitative estimate of drug-likeness (QED) is 0.844. The van der Waals surface area contributed by atoms with Crippen molar-refractivity contribution in [3.05, 3.63) is 24.2 Å². The fraction of sp³-hybridized carbons (Fsp3) is 0.647. The van der Waals surface area contributed by atoms with Crippen molar-refractivity contribution in [3.63, 3.8) is 0 Å². The van der Waals surface area contributed by atoms with Crippen LogP contribution in [0.5, 0.6) is 0 Å². The number of hydrogen-bond acceptors (Lipinski definition) is 5. The first kappa shape index (κ1) is 17.5. The molecule has 0 saturated carbocycles. The second-order valence-corrected chi connectivity index (χ2v) is 7.03. The number of alkyl carbamates (subject to hydrolysis) is 1. The molecule has 128 valence electrons. The monoisotopic (exact) mass is 322 g/mol. The molecule has 6 heteroatoms.